The Morgan fingerprint density at radius 1 is 1.15 bits per heavy atom. The summed E-state index contributed by atoms with van der Waals surface area (Å²) >= 11 is 0. The normalized spacial score (nSPS) is 27.4. The fourth-order valence-electron chi connectivity index (χ4n) is 2.44. The highest BCUT2D eigenvalue weighted by Crippen LogP contribution is 2.29. The molecule has 0 aliphatic heterocycles. The number of carboxylic acid groups (broad SMARTS) is 2. The molecule has 0 spiro atoms. The van der Waals surface area contributed by atoms with E-state index < -0.39 is 30.4 Å². The van der Waals surface area contributed by atoms with Crippen molar-refractivity contribution in [1.29, 1.82) is 0 Å². The third-order valence-corrected chi connectivity index (χ3v) is 3.92. The lowest BCUT2D eigenvalue weighted by Gasteiger charge is -2.32. The molecule has 7 heteroatoms. The molecule has 2 amide bonds. The second-order valence-corrected chi connectivity index (χ2v) is 5.57. The summed E-state index contributed by atoms with van der Waals surface area (Å²) < 4.78 is 0. The van der Waals surface area contributed by atoms with E-state index in [0.29, 0.717) is 11.8 Å². The van der Waals surface area contributed by atoms with Gasteiger partial charge in [-0.05, 0) is 31.1 Å². The predicted octanol–water partition coefficient (Wildman–Crippen LogP) is 1.04. The van der Waals surface area contributed by atoms with Crippen LogP contribution in [0.5, 0.6) is 0 Å². The third kappa shape index (κ3) is 5.07. The minimum Gasteiger partial charge on any atom is -0.481 e. The lowest BCUT2D eigenvalue weighted by molar-refractivity contribution is -0.145. The third-order valence-electron chi connectivity index (χ3n) is 3.92. The van der Waals surface area contributed by atoms with Gasteiger partial charge in [-0.25, -0.2) is 9.59 Å². The number of urea groups is 1. The first kappa shape index (κ1) is 16.3. The summed E-state index contributed by atoms with van der Waals surface area (Å²) in [6.45, 7) is 4.30. The average molecular weight is 286 g/mol. The van der Waals surface area contributed by atoms with Gasteiger partial charge < -0.3 is 20.8 Å². The number of carbonyl (C=O) groups is 3. The molecular formula is C13H22N2O5. The topological polar surface area (TPSA) is 116 Å². The van der Waals surface area contributed by atoms with E-state index in [9.17, 15) is 14.4 Å². The van der Waals surface area contributed by atoms with Crippen LogP contribution in [-0.4, -0.2) is 40.3 Å². The molecule has 0 aromatic carbocycles. The van der Waals surface area contributed by atoms with Crippen LogP contribution in [0.25, 0.3) is 0 Å². The summed E-state index contributed by atoms with van der Waals surface area (Å²) in [5, 5.41) is 22.4. The zero-order chi connectivity index (χ0) is 15.3. The van der Waals surface area contributed by atoms with Crippen LogP contribution in [-0.2, 0) is 9.59 Å². The van der Waals surface area contributed by atoms with E-state index in [1.54, 1.807) is 0 Å². The molecule has 0 bridgehead atoms. The highest BCUT2D eigenvalue weighted by atomic mass is 16.4. The molecule has 1 fully saturated rings. The first-order chi connectivity index (χ1) is 9.29. The lowest BCUT2D eigenvalue weighted by atomic mass is 9.79. The minimum atomic E-state index is -1.41. The molecule has 4 N–H and O–H groups in total. The van der Waals surface area contributed by atoms with Crippen molar-refractivity contribution in [2.45, 2.75) is 51.6 Å². The molecule has 1 aliphatic rings. The Kier molecular flexibility index (Phi) is 5.79. The van der Waals surface area contributed by atoms with Gasteiger partial charge in [0.15, 0.2) is 0 Å². The van der Waals surface area contributed by atoms with Crippen molar-refractivity contribution < 1.29 is 24.6 Å². The highest BCUT2D eigenvalue weighted by molar-refractivity contribution is 5.86. The molecule has 0 aromatic heterocycles. The molecule has 0 radical (unpaired) electrons. The number of rotatable bonds is 5. The van der Waals surface area contributed by atoms with E-state index in [0.717, 1.165) is 19.3 Å². The molecule has 0 saturated heterocycles. The summed E-state index contributed by atoms with van der Waals surface area (Å²) in [4.78, 5) is 33.1. The van der Waals surface area contributed by atoms with Gasteiger partial charge in [-0.3, -0.25) is 4.79 Å². The van der Waals surface area contributed by atoms with Crippen LogP contribution >= 0.6 is 0 Å². The van der Waals surface area contributed by atoms with E-state index >= 15 is 0 Å². The smallest absolute Gasteiger partial charge is 0.326 e. The molecule has 3 unspecified atom stereocenters. The predicted molar refractivity (Wildman–Crippen MR) is 71.3 cm³/mol. The molecule has 114 valence electrons. The summed E-state index contributed by atoms with van der Waals surface area (Å²) in [5.41, 5.74) is 0. The monoisotopic (exact) mass is 286 g/mol. The SMILES string of the molecule is CC1CCC(NC(=O)N[C@@H](CC(=O)O)C(=O)O)CC1C. The van der Waals surface area contributed by atoms with Crippen LogP contribution in [0.2, 0.25) is 0 Å². The van der Waals surface area contributed by atoms with Crippen LogP contribution in [0, 0.1) is 11.8 Å². The van der Waals surface area contributed by atoms with Crippen LogP contribution in [0.3, 0.4) is 0 Å². The molecular weight excluding hydrogens is 264 g/mol. The zero-order valence-electron chi connectivity index (χ0n) is 11.8. The average Bonchev–Trinajstić information content (AvgIpc) is 2.32. The van der Waals surface area contributed by atoms with Crippen molar-refractivity contribution in [3.8, 4) is 0 Å². The molecule has 1 rings (SSSR count). The first-order valence-electron chi connectivity index (χ1n) is 6.81. The maximum Gasteiger partial charge on any atom is 0.326 e. The maximum atomic E-state index is 11.7. The van der Waals surface area contributed by atoms with Crippen molar-refractivity contribution in [2.24, 2.45) is 11.8 Å². The lowest BCUT2D eigenvalue weighted by Crippen LogP contribution is -2.50. The van der Waals surface area contributed by atoms with Crippen LogP contribution in [0.4, 0.5) is 4.79 Å². The fraction of sp³-hybridized carbons (Fsp3) is 0.769. The fourth-order valence-corrected chi connectivity index (χ4v) is 2.44. The summed E-state index contributed by atoms with van der Waals surface area (Å²) in [7, 11) is 0. The van der Waals surface area contributed by atoms with E-state index in [2.05, 4.69) is 24.5 Å². The molecule has 1 saturated carbocycles. The van der Waals surface area contributed by atoms with Crippen LogP contribution in [0.15, 0.2) is 0 Å². The van der Waals surface area contributed by atoms with Gasteiger partial charge in [0.1, 0.15) is 6.04 Å². The van der Waals surface area contributed by atoms with Crippen LogP contribution in [0.1, 0.15) is 39.5 Å². The van der Waals surface area contributed by atoms with Crippen LogP contribution < -0.4 is 10.6 Å². The van der Waals surface area contributed by atoms with E-state index in [1.165, 1.54) is 0 Å². The Labute approximate surface area is 117 Å². The van der Waals surface area contributed by atoms with E-state index in [-0.39, 0.29) is 6.04 Å². The number of nitrogens with one attached hydrogen (secondary N) is 2. The molecule has 0 heterocycles. The summed E-state index contributed by atoms with van der Waals surface area (Å²) in [5.74, 6) is -1.50. The van der Waals surface area contributed by atoms with Crippen molar-refractivity contribution in [3.05, 3.63) is 0 Å². The van der Waals surface area contributed by atoms with E-state index in [1.807, 2.05) is 0 Å². The Bertz CT molecular complexity index is 385. The summed E-state index contributed by atoms with van der Waals surface area (Å²) in [6.07, 6.45) is 2.09. The van der Waals surface area contributed by atoms with Crippen molar-refractivity contribution in [1.82, 2.24) is 10.6 Å². The summed E-state index contributed by atoms with van der Waals surface area (Å²) in [6, 6.07) is -2.02. The Morgan fingerprint density at radius 3 is 2.30 bits per heavy atom. The maximum absolute atomic E-state index is 11.7. The van der Waals surface area contributed by atoms with Gasteiger partial charge in [0.25, 0.3) is 0 Å². The number of aliphatic carboxylic acids is 2. The van der Waals surface area contributed by atoms with Gasteiger partial charge in [-0.15, -0.1) is 0 Å². The van der Waals surface area contributed by atoms with Gasteiger partial charge in [0.2, 0.25) is 0 Å². The van der Waals surface area contributed by atoms with Gasteiger partial charge >= 0.3 is 18.0 Å². The molecule has 1 aliphatic carbocycles. The number of amides is 2. The zero-order valence-corrected chi connectivity index (χ0v) is 11.8. The Balaban J connectivity index is 2.45. The number of carboxylic acids is 2. The van der Waals surface area contributed by atoms with E-state index in [4.69, 9.17) is 10.2 Å². The standard InChI is InChI=1S/C13H22N2O5/c1-7-3-4-9(5-8(7)2)14-13(20)15-10(12(18)19)6-11(16)17/h7-10H,3-6H2,1-2H3,(H,16,17)(H,18,19)(H2,14,15,20)/t7?,8?,9?,10-/m0/s1. The molecule has 4 atom stereocenters. The van der Waals surface area contributed by atoms with Gasteiger partial charge in [-0.1, -0.05) is 13.8 Å². The largest absolute Gasteiger partial charge is 0.481 e. The van der Waals surface area contributed by atoms with Gasteiger partial charge in [0.05, 0.1) is 6.42 Å². The minimum absolute atomic E-state index is 0.0143. The van der Waals surface area contributed by atoms with Gasteiger partial charge in [0, 0.05) is 6.04 Å². The first-order valence-corrected chi connectivity index (χ1v) is 6.81. The molecule has 7 nitrogen and oxygen atoms in total. The number of hydrogen-bond donors (Lipinski definition) is 4. The van der Waals surface area contributed by atoms with Crippen molar-refractivity contribution in [3.63, 3.8) is 0 Å². The highest BCUT2D eigenvalue weighted by Gasteiger charge is 2.27. The number of hydrogen-bond acceptors (Lipinski definition) is 3. The quantitative estimate of drug-likeness (QED) is 0.602. The number of carbonyl (C=O) groups excluding carboxylic acids is 1. The van der Waals surface area contributed by atoms with Crippen molar-refractivity contribution >= 4 is 18.0 Å². The second kappa shape index (κ2) is 7.12. The van der Waals surface area contributed by atoms with Crippen molar-refractivity contribution in [2.75, 3.05) is 0 Å². The Morgan fingerprint density at radius 2 is 1.80 bits per heavy atom. The molecule has 0 aromatic rings. The van der Waals surface area contributed by atoms with Gasteiger partial charge in [-0.2, -0.15) is 0 Å². The Hall–Kier alpha value is -1.79. The second-order valence-electron chi connectivity index (χ2n) is 5.57. The molecule has 20 heavy (non-hydrogen) atoms.